The van der Waals surface area contributed by atoms with Crippen molar-refractivity contribution in [2.45, 2.75) is 38.8 Å². The van der Waals surface area contributed by atoms with E-state index in [1.165, 1.54) is 0 Å². The third-order valence-corrected chi connectivity index (χ3v) is 7.84. The van der Waals surface area contributed by atoms with Gasteiger partial charge in [-0.05, 0) is 75.0 Å². The SMILES string of the molecule is CN(C)CCN(C)c1ccc2c(c1)CNCC(=O)N1CC[C@@H](CC(=O)NCc3cccnc3)[C@@H](CCCO2)C1. The third-order valence-electron chi connectivity index (χ3n) is 7.84. The van der Waals surface area contributed by atoms with Crippen LogP contribution in [-0.4, -0.2) is 87.1 Å². The van der Waals surface area contributed by atoms with Crippen LogP contribution in [0.15, 0.2) is 42.7 Å². The van der Waals surface area contributed by atoms with Crippen LogP contribution >= 0.6 is 0 Å². The van der Waals surface area contributed by atoms with Gasteiger partial charge in [0, 0.05) is 76.4 Å². The van der Waals surface area contributed by atoms with Crippen molar-refractivity contribution in [3.05, 3.63) is 53.9 Å². The molecular weight excluding hydrogens is 492 g/mol. The second-order valence-corrected chi connectivity index (χ2v) is 11.1. The van der Waals surface area contributed by atoms with Gasteiger partial charge in [0.15, 0.2) is 0 Å². The summed E-state index contributed by atoms with van der Waals surface area (Å²) >= 11 is 0. The van der Waals surface area contributed by atoms with Crippen LogP contribution < -0.4 is 20.3 Å². The van der Waals surface area contributed by atoms with Gasteiger partial charge >= 0.3 is 0 Å². The molecule has 0 unspecified atom stereocenters. The van der Waals surface area contributed by atoms with E-state index in [4.69, 9.17) is 4.74 Å². The van der Waals surface area contributed by atoms with Crippen molar-refractivity contribution >= 4 is 17.5 Å². The maximum Gasteiger partial charge on any atom is 0.236 e. The number of ether oxygens (including phenoxy) is 1. The number of piperidine rings is 1. The van der Waals surface area contributed by atoms with Gasteiger partial charge in [-0.1, -0.05) is 6.07 Å². The van der Waals surface area contributed by atoms with Crippen LogP contribution in [0.5, 0.6) is 5.75 Å². The average molecular weight is 537 g/mol. The highest BCUT2D eigenvalue weighted by Crippen LogP contribution is 2.31. The van der Waals surface area contributed by atoms with Gasteiger partial charge in [0.2, 0.25) is 11.8 Å². The number of carbonyl (C=O) groups is 2. The van der Waals surface area contributed by atoms with Crippen molar-refractivity contribution in [1.82, 2.24) is 25.4 Å². The zero-order valence-corrected chi connectivity index (χ0v) is 23.7. The first kappa shape index (κ1) is 28.8. The molecule has 1 saturated heterocycles. The molecule has 1 fully saturated rings. The normalized spacial score (nSPS) is 20.2. The highest BCUT2D eigenvalue weighted by atomic mass is 16.5. The Hall–Kier alpha value is -3.17. The summed E-state index contributed by atoms with van der Waals surface area (Å²) in [4.78, 5) is 36.4. The average Bonchev–Trinajstić information content (AvgIpc) is 2.95. The van der Waals surface area contributed by atoms with E-state index in [2.05, 4.69) is 64.8 Å². The fourth-order valence-electron chi connectivity index (χ4n) is 5.42. The standard InChI is InChI=1S/C30H44N6O3/c1-34(2)13-14-35(3)27-8-9-28-26(16-27)20-32-21-30(38)36-12-10-24(25(22-36)7-5-15-39-28)17-29(37)33-19-23-6-4-11-31-18-23/h4,6,8-9,11,16,18,24-25,32H,5,7,10,12-15,17,19-22H2,1-3H3,(H,33,37)/t24-,25-/m0/s1. The molecular formula is C30H44N6O3. The topological polar surface area (TPSA) is 90.0 Å². The minimum Gasteiger partial charge on any atom is -0.493 e. The second-order valence-electron chi connectivity index (χ2n) is 11.1. The van der Waals surface area contributed by atoms with Crippen LogP contribution in [0, 0.1) is 11.8 Å². The molecule has 0 aliphatic carbocycles. The summed E-state index contributed by atoms with van der Waals surface area (Å²) in [5.74, 6) is 1.59. The lowest BCUT2D eigenvalue weighted by atomic mass is 9.80. The molecule has 0 saturated carbocycles. The van der Waals surface area contributed by atoms with Gasteiger partial charge < -0.3 is 30.1 Å². The van der Waals surface area contributed by atoms with Crippen LogP contribution in [0.1, 0.15) is 36.8 Å². The second kappa shape index (κ2) is 14.3. The molecule has 2 aromatic rings. The number of aromatic nitrogens is 1. The van der Waals surface area contributed by atoms with E-state index in [9.17, 15) is 9.59 Å². The number of likely N-dealkylation sites (N-methyl/N-ethyl adjacent to an activating group) is 2. The molecule has 2 aliphatic heterocycles. The predicted octanol–water partition coefficient (Wildman–Crippen LogP) is 2.51. The van der Waals surface area contributed by atoms with Crippen molar-refractivity contribution in [3.8, 4) is 5.75 Å². The first-order valence-corrected chi connectivity index (χ1v) is 14.1. The quantitative estimate of drug-likeness (QED) is 0.536. The molecule has 9 heteroatoms. The highest BCUT2D eigenvalue weighted by Gasteiger charge is 2.32. The zero-order chi connectivity index (χ0) is 27.6. The van der Waals surface area contributed by atoms with E-state index in [1.807, 2.05) is 17.0 Å². The summed E-state index contributed by atoms with van der Waals surface area (Å²) in [7, 11) is 6.26. The van der Waals surface area contributed by atoms with Crippen LogP contribution in [0.3, 0.4) is 0 Å². The maximum absolute atomic E-state index is 13.1. The first-order chi connectivity index (χ1) is 18.9. The van der Waals surface area contributed by atoms with Crippen molar-refractivity contribution in [2.24, 2.45) is 11.8 Å². The number of fused-ring (bicyclic) bond motifs is 3. The lowest BCUT2D eigenvalue weighted by Gasteiger charge is -2.38. The van der Waals surface area contributed by atoms with Gasteiger partial charge in [0.05, 0.1) is 13.2 Å². The molecule has 1 aromatic carbocycles. The number of amides is 2. The number of nitrogens with one attached hydrogen (secondary N) is 2. The van der Waals surface area contributed by atoms with Crippen LogP contribution in [0.25, 0.3) is 0 Å². The van der Waals surface area contributed by atoms with Crippen LogP contribution in [-0.2, 0) is 22.7 Å². The molecule has 2 bridgehead atoms. The summed E-state index contributed by atoms with van der Waals surface area (Å²) in [6, 6.07) is 10.2. The van der Waals surface area contributed by atoms with E-state index in [1.54, 1.807) is 12.4 Å². The molecule has 9 nitrogen and oxygen atoms in total. The first-order valence-electron chi connectivity index (χ1n) is 14.1. The van der Waals surface area contributed by atoms with E-state index < -0.39 is 0 Å². The fourth-order valence-corrected chi connectivity index (χ4v) is 5.42. The zero-order valence-electron chi connectivity index (χ0n) is 23.7. The number of carbonyl (C=O) groups excluding carboxylic acids is 2. The number of hydrogen-bond donors (Lipinski definition) is 2. The fraction of sp³-hybridized carbons (Fsp3) is 0.567. The summed E-state index contributed by atoms with van der Waals surface area (Å²) in [5.41, 5.74) is 3.20. The van der Waals surface area contributed by atoms with E-state index >= 15 is 0 Å². The summed E-state index contributed by atoms with van der Waals surface area (Å²) in [5, 5.41) is 6.40. The van der Waals surface area contributed by atoms with Gasteiger partial charge in [0.25, 0.3) is 0 Å². The van der Waals surface area contributed by atoms with Gasteiger partial charge in [-0.3, -0.25) is 14.6 Å². The Labute approximate surface area is 232 Å². The molecule has 2 aliphatic rings. The molecule has 2 atom stereocenters. The Morgan fingerprint density at radius 3 is 2.85 bits per heavy atom. The van der Waals surface area contributed by atoms with Gasteiger partial charge in [-0.2, -0.15) is 0 Å². The Morgan fingerprint density at radius 1 is 1.18 bits per heavy atom. The van der Waals surface area contributed by atoms with Crippen molar-refractivity contribution < 1.29 is 14.3 Å². The lowest BCUT2D eigenvalue weighted by Crippen LogP contribution is -2.47. The largest absolute Gasteiger partial charge is 0.493 e. The minimum absolute atomic E-state index is 0.0599. The number of hydrogen-bond acceptors (Lipinski definition) is 7. The summed E-state index contributed by atoms with van der Waals surface area (Å²) in [6.07, 6.45) is 6.65. The van der Waals surface area contributed by atoms with Crippen molar-refractivity contribution in [1.29, 1.82) is 0 Å². The smallest absolute Gasteiger partial charge is 0.236 e. The highest BCUT2D eigenvalue weighted by molar-refractivity contribution is 5.79. The molecule has 212 valence electrons. The predicted molar refractivity (Wildman–Crippen MR) is 154 cm³/mol. The molecule has 0 radical (unpaired) electrons. The van der Waals surface area contributed by atoms with E-state index in [0.29, 0.717) is 45.8 Å². The number of anilines is 1. The Kier molecular flexibility index (Phi) is 10.6. The van der Waals surface area contributed by atoms with Crippen LogP contribution in [0.2, 0.25) is 0 Å². The Balaban J connectivity index is 1.37. The van der Waals surface area contributed by atoms with E-state index in [0.717, 1.165) is 54.9 Å². The maximum atomic E-state index is 13.1. The van der Waals surface area contributed by atoms with Crippen molar-refractivity contribution in [3.63, 3.8) is 0 Å². The summed E-state index contributed by atoms with van der Waals surface area (Å²) < 4.78 is 6.25. The van der Waals surface area contributed by atoms with Gasteiger partial charge in [-0.25, -0.2) is 0 Å². The third kappa shape index (κ3) is 8.66. The molecule has 2 amide bonds. The van der Waals surface area contributed by atoms with Gasteiger partial charge in [0.1, 0.15) is 5.75 Å². The molecule has 2 N–H and O–H groups in total. The molecule has 0 spiro atoms. The molecule has 3 heterocycles. The number of rotatable bonds is 8. The van der Waals surface area contributed by atoms with Crippen molar-refractivity contribution in [2.75, 3.05) is 65.4 Å². The van der Waals surface area contributed by atoms with Crippen LogP contribution in [0.4, 0.5) is 5.69 Å². The molecule has 1 aromatic heterocycles. The monoisotopic (exact) mass is 536 g/mol. The van der Waals surface area contributed by atoms with E-state index in [-0.39, 0.29) is 23.7 Å². The number of benzene rings is 1. The summed E-state index contributed by atoms with van der Waals surface area (Å²) in [6.45, 7) is 5.28. The Bertz CT molecular complexity index is 1080. The molecule has 4 rings (SSSR count). The molecule has 39 heavy (non-hydrogen) atoms. The number of nitrogens with zero attached hydrogens (tertiary/aromatic N) is 4. The Morgan fingerprint density at radius 2 is 2.05 bits per heavy atom. The minimum atomic E-state index is 0.0599. The lowest BCUT2D eigenvalue weighted by molar-refractivity contribution is -0.133. The van der Waals surface area contributed by atoms with Gasteiger partial charge in [-0.15, -0.1) is 0 Å². The number of pyridine rings is 1.